The van der Waals surface area contributed by atoms with Gasteiger partial charge in [0.05, 0.1) is 10.7 Å². The number of nitrogens with zero attached hydrogens (tertiary/aromatic N) is 2. The monoisotopic (exact) mass is 446 g/mol. The Morgan fingerprint density at radius 3 is 2.58 bits per heavy atom. The number of pyridine rings is 1. The zero-order valence-electron chi connectivity index (χ0n) is 13.7. The predicted molar refractivity (Wildman–Crippen MR) is 98.4 cm³/mol. The molecule has 2 nitrogen and oxygen atoms in total. The van der Waals surface area contributed by atoms with E-state index in [0.29, 0.717) is 0 Å². The maximum absolute atomic E-state index is 2.38. The highest BCUT2D eigenvalue weighted by Gasteiger charge is 2.24. The molecule has 1 aromatic heterocycles. The molecule has 4 rings (SSSR count). The van der Waals surface area contributed by atoms with E-state index in [-0.39, 0.29) is 24.0 Å². The first-order valence-electron chi connectivity index (χ1n) is 7.92. The standard InChI is InChI=1S/C20H19N2S.HI/c1-3-22-18-10-6-7-11-19(18)23-20(22)14-16-13-12-15-8-4-5-9-17(15)21(16)2;/h4-14H,3H2,1-2H3;1H/q+1;/p-1. The molecule has 0 spiro atoms. The summed E-state index contributed by atoms with van der Waals surface area (Å²) in [4.78, 5) is 3.72. The second-order valence-corrected chi connectivity index (χ2v) is 6.73. The number of thioether (sulfide) groups is 1. The van der Waals surface area contributed by atoms with Crippen molar-refractivity contribution in [1.29, 1.82) is 0 Å². The first-order chi connectivity index (χ1) is 11.3. The Morgan fingerprint density at radius 1 is 1.00 bits per heavy atom. The zero-order valence-corrected chi connectivity index (χ0v) is 16.7. The summed E-state index contributed by atoms with van der Waals surface area (Å²) in [5.74, 6) is 0. The van der Waals surface area contributed by atoms with Gasteiger partial charge in [-0.05, 0) is 31.2 Å². The molecule has 0 saturated heterocycles. The second kappa shape index (κ2) is 7.15. The summed E-state index contributed by atoms with van der Waals surface area (Å²) in [6, 6.07) is 21.5. The summed E-state index contributed by atoms with van der Waals surface area (Å²) in [5.41, 5.74) is 3.79. The molecule has 2 aromatic carbocycles. The SMILES string of the molecule is CCN1C(=Cc2ccc3ccccc3[n+]2C)Sc2ccccc21.[I-]. The number of anilines is 1. The van der Waals surface area contributed by atoms with Crippen LogP contribution in [-0.4, -0.2) is 6.54 Å². The average molecular weight is 446 g/mol. The Kier molecular flexibility index (Phi) is 5.15. The lowest BCUT2D eigenvalue weighted by Gasteiger charge is -2.17. The summed E-state index contributed by atoms with van der Waals surface area (Å²) >= 11 is 1.85. The fraction of sp³-hybridized carbons (Fsp3) is 0.150. The summed E-state index contributed by atoms with van der Waals surface area (Å²) in [6.45, 7) is 3.18. The van der Waals surface area contributed by atoms with Crippen molar-refractivity contribution in [1.82, 2.24) is 0 Å². The highest BCUT2D eigenvalue weighted by atomic mass is 127. The second-order valence-electron chi connectivity index (χ2n) is 5.67. The number of fused-ring (bicyclic) bond motifs is 2. The van der Waals surface area contributed by atoms with E-state index in [9.17, 15) is 0 Å². The van der Waals surface area contributed by atoms with E-state index in [1.165, 1.54) is 32.2 Å². The molecule has 3 aromatic rings. The van der Waals surface area contributed by atoms with Crippen LogP contribution in [0, 0.1) is 0 Å². The first kappa shape index (κ1) is 17.3. The van der Waals surface area contributed by atoms with Crippen molar-refractivity contribution in [3.8, 4) is 0 Å². The summed E-state index contributed by atoms with van der Waals surface area (Å²) in [6.07, 6.45) is 2.29. The molecule has 0 saturated carbocycles. The Morgan fingerprint density at radius 2 is 1.75 bits per heavy atom. The number of hydrogen-bond acceptors (Lipinski definition) is 2. The van der Waals surface area contributed by atoms with Gasteiger partial charge in [-0.15, -0.1) is 0 Å². The summed E-state index contributed by atoms with van der Waals surface area (Å²) < 4.78 is 2.26. The van der Waals surface area contributed by atoms with E-state index in [1.54, 1.807) is 0 Å². The number of benzene rings is 2. The van der Waals surface area contributed by atoms with Gasteiger partial charge in [-0.25, -0.2) is 0 Å². The van der Waals surface area contributed by atoms with Gasteiger partial charge in [0, 0.05) is 35.0 Å². The number of halogens is 1. The van der Waals surface area contributed by atoms with Gasteiger partial charge in [0.1, 0.15) is 7.05 Å². The third-order valence-electron chi connectivity index (χ3n) is 4.34. The molecule has 2 heterocycles. The first-order valence-corrected chi connectivity index (χ1v) is 8.73. The van der Waals surface area contributed by atoms with Gasteiger partial charge in [0.2, 0.25) is 11.2 Å². The van der Waals surface area contributed by atoms with Crippen LogP contribution in [-0.2, 0) is 7.05 Å². The summed E-state index contributed by atoms with van der Waals surface area (Å²) in [5, 5.41) is 2.56. The van der Waals surface area contributed by atoms with Crippen LogP contribution < -0.4 is 33.4 Å². The van der Waals surface area contributed by atoms with Crippen LogP contribution in [0.25, 0.3) is 17.0 Å². The van der Waals surface area contributed by atoms with Crippen LogP contribution in [0.3, 0.4) is 0 Å². The van der Waals surface area contributed by atoms with Crippen LogP contribution in [0.1, 0.15) is 12.6 Å². The highest BCUT2D eigenvalue weighted by molar-refractivity contribution is 8.03. The van der Waals surface area contributed by atoms with Gasteiger partial charge >= 0.3 is 0 Å². The van der Waals surface area contributed by atoms with Crippen molar-refractivity contribution in [2.45, 2.75) is 11.8 Å². The molecule has 0 fully saturated rings. The smallest absolute Gasteiger partial charge is 0.212 e. The lowest BCUT2D eigenvalue weighted by molar-refractivity contribution is -0.646. The largest absolute Gasteiger partial charge is 1.00 e. The molecule has 1 aliphatic rings. The van der Waals surface area contributed by atoms with Gasteiger partial charge in [-0.3, -0.25) is 0 Å². The van der Waals surface area contributed by atoms with Crippen molar-refractivity contribution in [3.05, 3.63) is 71.4 Å². The third-order valence-corrected chi connectivity index (χ3v) is 5.46. The molecule has 0 bridgehead atoms. The van der Waals surface area contributed by atoms with Gasteiger partial charge in [0.15, 0.2) is 0 Å². The number of rotatable bonds is 2. The Balaban J connectivity index is 0.00000169. The minimum absolute atomic E-state index is 0. The number of aryl methyl sites for hydroxylation is 1. The van der Waals surface area contributed by atoms with Gasteiger partial charge in [-0.1, -0.05) is 36.0 Å². The van der Waals surface area contributed by atoms with E-state index in [4.69, 9.17) is 0 Å². The van der Waals surface area contributed by atoms with Crippen molar-refractivity contribution in [3.63, 3.8) is 0 Å². The van der Waals surface area contributed by atoms with Gasteiger partial charge < -0.3 is 28.9 Å². The Labute approximate surface area is 164 Å². The number of para-hydroxylation sites is 2. The molecule has 0 atom stereocenters. The maximum Gasteiger partial charge on any atom is 0.212 e. The van der Waals surface area contributed by atoms with E-state index >= 15 is 0 Å². The van der Waals surface area contributed by atoms with Crippen LogP contribution in [0.4, 0.5) is 5.69 Å². The molecule has 0 aliphatic carbocycles. The minimum atomic E-state index is 0. The normalized spacial score (nSPS) is 14.8. The molecular weight excluding hydrogens is 427 g/mol. The molecule has 0 N–H and O–H groups in total. The van der Waals surface area contributed by atoms with E-state index in [2.05, 4.69) is 90.2 Å². The molecular formula is C20H19IN2S. The van der Waals surface area contributed by atoms with Crippen LogP contribution >= 0.6 is 11.8 Å². The third kappa shape index (κ3) is 2.93. The Hall–Kier alpha value is -1.53. The average Bonchev–Trinajstić information content (AvgIpc) is 2.94. The molecule has 0 unspecified atom stereocenters. The molecule has 0 amide bonds. The highest BCUT2D eigenvalue weighted by Crippen LogP contribution is 2.46. The molecule has 24 heavy (non-hydrogen) atoms. The minimum Gasteiger partial charge on any atom is -1.00 e. The van der Waals surface area contributed by atoms with E-state index in [0.717, 1.165) is 6.54 Å². The predicted octanol–water partition coefficient (Wildman–Crippen LogP) is 1.60. The van der Waals surface area contributed by atoms with Crippen LogP contribution in [0.15, 0.2) is 70.6 Å². The number of aromatic nitrogens is 1. The maximum atomic E-state index is 2.38. The quantitative estimate of drug-likeness (QED) is 0.436. The van der Waals surface area contributed by atoms with Crippen molar-refractivity contribution >= 4 is 34.4 Å². The van der Waals surface area contributed by atoms with Gasteiger partial charge in [0.25, 0.3) is 0 Å². The zero-order chi connectivity index (χ0) is 15.8. The van der Waals surface area contributed by atoms with Gasteiger partial charge in [-0.2, -0.15) is 4.57 Å². The number of hydrogen-bond donors (Lipinski definition) is 0. The summed E-state index contributed by atoms with van der Waals surface area (Å²) in [7, 11) is 2.14. The lowest BCUT2D eigenvalue weighted by atomic mass is 10.2. The van der Waals surface area contributed by atoms with Crippen LogP contribution in [0.5, 0.6) is 0 Å². The topological polar surface area (TPSA) is 7.12 Å². The van der Waals surface area contributed by atoms with Crippen molar-refractivity contribution < 1.29 is 28.5 Å². The van der Waals surface area contributed by atoms with E-state index < -0.39 is 0 Å². The fourth-order valence-corrected chi connectivity index (χ4v) is 4.29. The molecule has 1 aliphatic heterocycles. The van der Waals surface area contributed by atoms with Crippen molar-refractivity contribution in [2.75, 3.05) is 11.4 Å². The lowest BCUT2D eigenvalue weighted by Crippen LogP contribution is -3.00. The van der Waals surface area contributed by atoms with Crippen molar-refractivity contribution in [2.24, 2.45) is 7.05 Å². The molecule has 4 heteroatoms. The van der Waals surface area contributed by atoms with Crippen LogP contribution in [0.2, 0.25) is 0 Å². The fourth-order valence-electron chi connectivity index (χ4n) is 3.12. The van der Waals surface area contributed by atoms with E-state index in [1.807, 2.05) is 11.8 Å². The Bertz CT molecular complexity index is 920. The molecule has 0 radical (unpaired) electrons. The molecule has 122 valence electrons.